The van der Waals surface area contributed by atoms with Gasteiger partial charge in [0, 0.05) is 73.4 Å². The Morgan fingerprint density at radius 3 is 1.83 bits per heavy atom. The monoisotopic (exact) mass is 414 g/mol. The second-order valence-electron chi connectivity index (χ2n) is 6.02. The van der Waals surface area contributed by atoms with Crippen molar-refractivity contribution in [2.45, 2.75) is 24.2 Å². The quantitative estimate of drug-likeness (QED) is 0.276. The van der Waals surface area contributed by atoms with Gasteiger partial charge in [-0.15, -0.1) is 0 Å². The van der Waals surface area contributed by atoms with Crippen molar-refractivity contribution in [3.8, 4) is 0 Å². The maximum Gasteiger partial charge on any atom is 0.317 e. The molecule has 1 aliphatic rings. The topological polar surface area (TPSA) is 76.6 Å². The van der Waals surface area contributed by atoms with Gasteiger partial charge in [-0.3, -0.25) is 9.69 Å². The highest BCUT2D eigenvalue weighted by Gasteiger charge is 2.25. The summed E-state index contributed by atoms with van der Waals surface area (Å²) in [6.07, 6.45) is 0. The number of nitrogens with zero attached hydrogens (tertiary/aromatic N) is 1. The highest BCUT2D eigenvalue weighted by molar-refractivity contribution is 7.80. The van der Waals surface area contributed by atoms with Crippen LogP contribution >= 0.6 is 50.5 Å². The van der Waals surface area contributed by atoms with E-state index in [1.165, 1.54) is 0 Å². The molecule has 142 valence electrons. The maximum atomic E-state index is 11.3. The lowest BCUT2D eigenvalue weighted by Gasteiger charge is -2.35. The molecule has 6 nitrogen and oxygen atoms in total. The van der Waals surface area contributed by atoms with E-state index >= 15 is 0 Å². The van der Waals surface area contributed by atoms with Crippen molar-refractivity contribution in [2.24, 2.45) is 0 Å². The fourth-order valence-corrected chi connectivity index (χ4v) is 3.74. The number of carboxylic acids is 1. The minimum Gasteiger partial charge on any atom is -0.480 e. The Labute approximate surface area is 166 Å². The number of aliphatic carboxylic acids is 1. The highest BCUT2D eigenvalue weighted by atomic mass is 32.1. The molecule has 1 aliphatic heterocycles. The number of hydrogen-bond donors (Lipinski definition) is 8. The first kappa shape index (κ1) is 22.8. The van der Waals surface area contributed by atoms with Gasteiger partial charge in [-0.25, -0.2) is 0 Å². The number of hydrogen-bond acceptors (Lipinski definition) is 9. The van der Waals surface area contributed by atoms with Crippen LogP contribution in [-0.4, -0.2) is 95.9 Å². The van der Waals surface area contributed by atoms with Gasteiger partial charge >= 0.3 is 5.97 Å². The van der Waals surface area contributed by atoms with Gasteiger partial charge in [-0.2, -0.15) is 50.5 Å². The number of nitrogens with one attached hydrogen (secondary N) is 3. The van der Waals surface area contributed by atoms with E-state index in [9.17, 15) is 9.90 Å². The summed E-state index contributed by atoms with van der Waals surface area (Å²) in [5.74, 6) is 1.83. The van der Waals surface area contributed by atoms with Gasteiger partial charge in [-0.05, 0) is 0 Å². The Hall–Kier alpha value is 0.710. The molecule has 1 saturated heterocycles. The fourth-order valence-electron chi connectivity index (χ4n) is 2.62. The summed E-state index contributed by atoms with van der Waals surface area (Å²) >= 11 is 17.7. The van der Waals surface area contributed by atoms with E-state index in [2.05, 4.69) is 66.5 Å². The average molecular weight is 415 g/mol. The standard InChI is InChI=1S/C14H30N4O2S4/c19-14(20)5-18-4-12(8-23)16-2-10(6-21)15-1-11(7-22)17-3-13(18)9-24/h10-13,15-17,21-24H,1-9H2,(H,19,20)/t10-,11-,12-,13-/m1/s1. The van der Waals surface area contributed by atoms with Gasteiger partial charge in [0.15, 0.2) is 0 Å². The molecule has 10 heteroatoms. The summed E-state index contributed by atoms with van der Waals surface area (Å²) in [6, 6.07) is 0.605. The largest absolute Gasteiger partial charge is 0.480 e. The SMILES string of the molecule is O=C(O)CN1C[C@H](CS)NC[C@H](CS)NC[C@H](CS)NC[C@@H]1CS. The van der Waals surface area contributed by atoms with Crippen LogP contribution in [-0.2, 0) is 4.79 Å². The van der Waals surface area contributed by atoms with Crippen LogP contribution in [0.3, 0.4) is 0 Å². The van der Waals surface area contributed by atoms with Crippen LogP contribution in [0.5, 0.6) is 0 Å². The predicted octanol–water partition coefficient (Wildman–Crippen LogP) is -0.651. The maximum absolute atomic E-state index is 11.3. The van der Waals surface area contributed by atoms with E-state index in [0.29, 0.717) is 30.3 Å². The molecule has 1 fully saturated rings. The van der Waals surface area contributed by atoms with Gasteiger partial charge in [0.1, 0.15) is 0 Å². The molecule has 0 bridgehead atoms. The molecule has 0 aromatic carbocycles. The van der Waals surface area contributed by atoms with Crippen molar-refractivity contribution in [1.82, 2.24) is 20.9 Å². The van der Waals surface area contributed by atoms with Gasteiger partial charge in [0.25, 0.3) is 0 Å². The molecular formula is C14H30N4O2S4. The van der Waals surface area contributed by atoms with Crippen LogP contribution in [0.15, 0.2) is 0 Å². The molecule has 0 aromatic heterocycles. The zero-order valence-electron chi connectivity index (χ0n) is 13.8. The van der Waals surface area contributed by atoms with E-state index in [0.717, 1.165) is 18.8 Å². The van der Waals surface area contributed by atoms with Crippen LogP contribution in [0.25, 0.3) is 0 Å². The molecule has 0 saturated carbocycles. The molecule has 4 atom stereocenters. The minimum absolute atomic E-state index is 0.00134. The number of carboxylic acid groups (broad SMARTS) is 1. The Morgan fingerprint density at radius 1 is 0.875 bits per heavy atom. The zero-order chi connectivity index (χ0) is 17.9. The molecule has 1 heterocycles. The number of thiol groups is 4. The van der Waals surface area contributed by atoms with Gasteiger partial charge in [0.05, 0.1) is 6.54 Å². The Bertz CT molecular complexity index is 368. The molecule has 0 aliphatic carbocycles. The van der Waals surface area contributed by atoms with Gasteiger partial charge in [0.2, 0.25) is 0 Å². The lowest BCUT2D eigenvalue weighted by atomic mass is 10.1. The van der Waals surface area contributed by atoms with E-state index in [4.69, 9.17) is 0 Å². The highest BCUT2D eigenvalue weighted by Crippen LogP contribution is 2.06. The second-order valence-corrected chi connectivity index (χ2v) is 7.48. The Morgan fingerprint density at radius 2 is 1.38 bits per heavy atom. The van der Waals surface area contributed by atoms with Crippen molar-refractivity contribution in [2.75, 3.05) is 55.7 Å². The van der Waals surface area contributed by atoms with Crippen LogP contribution in [0.1, 0.15) is 0 Å². The van der Waals surface area contributed by atoms with Gasteiger partial charge < -0.3 is 21.1 Å². The summed E-state index contributed by atoms with van der Waals surface area (Å²) in [5.41, 5.74) is 0. The third kappa shape index (κ3) is 8.39. The van der Waals surface area contributed by atoms with Crippen LogP contribution < -0.4 is 16.0 Å². The predicted molar refractivity (Wildman–Crippen MR) is 114 cm³/mol. The van der Waals surface area contributed by atoms with Crippen LogP contribution in [0.4, 0.5) is 0 Å². The first-order valence-electron chi connectivity index (χ1n) is 8.13. The molecule has 0 spiro atoms. The zero-order valence-corrected chi connectivity index (χ0v) is 17.3. The number of rotatable bonds is 6. The van der Waals surface area contributed by atoms with Crippen LogP contribution in [0, 0.1) is 0 Å². The third-order valence-electron chi connectivity index (χ3n) is 4.13. The average Bonchev–Trinajstić information content (AvgIpc) is 2.56. The first-order chi connectivity index (χ1) is 11.5. The molecule has 24 heavy (non-hydrogen) atoms. The van der Waals surface area contributed by atoms with Crippen molar-refractivity contribution >= 4 is 56.5 Å². The summed E-state index contributed by atoms with van der Waals surface area (Å²) in [4.78, 5) is 13.2. The third-order valence-corrected chi connectivity index (χ3v) is 5.87. The molecule has 0 amide bonds. The van der Waals surface area contributed by atoms with Crippen molar-refractivity contribution < 1.29 is 9.90 Å². The second kappa shape index (κ2) is 13.0. The summed E-state index contributed by atoms with van der Waals surface area (Å²) in [7, 11) is 0. The summed E-state index contributed by atoms with van der Waals surface area (Å²) < 4.78 is 0. The molecule has 0 unspecified atom stereocenters. The summed E-state index contributed by atoms with van der Waals surface area (Å²) in [5, 5.41) is 19.7. The van der Waals surface area contributed by atoms with Crippen molar-refractivity contribution in [3.05, 3.63) is 0 Å². The molecule has 0 aromatic rings. The first-order valence-corrected chi connectivity index (χ1v) is 10.7. The van der Waals surface area contributed by atoms with Crippen molar-refractivity contribution in [1.29, 1.82) is 0 Å². The van der Waals surface area contributed by atoms with E-state index in [1.54, 1.807) is 0 Å². The lowest BCUT2D eigenvalue weighted by Crippen LogP contribution is -2.57. The van der Waals surface area contributed by atoms with Gasteiger partial charge in [-0.1, -0.05) is 0 Å². The minimum atomic E-state index is -0.826. The normalized spacial score (nSPS) is 31.2. The molecule has 1 rings (SSSR count). The van der Waals surface area contributed by atoms with E-state index in [1.807, 2.05) is 4.90 Å². The molecule has 0 radical (unpaired) electrons. The van der Waals surface area contributed by atoms with Crippen LogP contribution in [0.2, 0.25) is 0 Å². The van der Waals surface area contributed by atoms with E-state index in [-0.39, 0.29) is 30.7 Å². The number of carbonyl (C=O) groups is 1. The summed E-state index contributed by atoms with van der Waals surface area (Å²) in [6.45, 7) is 2.85. The Kier molecular flexibility index (Phi) is 12.3. The fraction of sp³-hybridized carbons (Fsp3) is 0.929. The van der Waals surface area contributed by atoms with Crippen molar-refractivity contribution in [3.63, 3.8) is 0 Å². The Balaban J connectivity index is 2.88. The lowest BCUT2D eigenvalue weighted by molar-refractivity contribution is -0.138. The molecule has 4 N–H and O–H groups in total. The molecular weight excluding hydrogens is 384 g/mol. The van der Waals surface area contributed by atoms with E-state index < -0.39 is 5.97 Å². The smallest absolute Gasteiger partial charge is 0.317 e.